The SMILES string of the molecule is COC(=O)NC(=O)[C@@H](C)OC(=O)CCC(=O)c1ccccc1. The Balaban J connectivity index is 2.38. The normalized spacial score (nSPS) is 11.2. The summed E-state index contributed by atoms with van der Waals surface area (Å²) in [4.78, 5) is 45.7. The Hall–Kier alpha value is -2.70. The quantitative estimate of drug-likeness (QED) is 0.631. The van der Waals surface area contributed by atoms with Gasteiger partial charge < -0.3 is 9.47 Å². The second-order valence-electron chi connectivity index (χ2n) is 4.40. The number of amides is 2. The van der Waals surface area contributed by atoms with Crippen LogP contribution in [0.1, 0.15) is 30.1 Å². The van der Waals surface area contributed by atoms with Crippen LogP contribution >= 0.6 is 0 Å². The van der Waals surface area contributed by atoms with Gasteiger partial charge in [0.15, 0.2) is 11.9 Å². The van der Waals surface area contributed by atoms with E-state index in [0.29, 0.717) is 5.56 Å². The Labute approximate surface area is 127 Å². The molecule has 1 atom stereocenters. The van der Waals surface area contributed by atoms with E-state index < -0.39 is 24.1 Å². The van der Waals surface area contributed by atoms with Gasteiger partial charge in [-0.05, 0) is 6.92 Å². The fourth-order valence-electron chi connectivity index (χ4n) is 1.55. The highest BCUT2D eigenvalue weighted by atomic mass is 16.6. The van der Waals surface area contributed by atoms with E-state index in [-0.39, 0.29) is 18.6 Å². The third-order valence-electron chi connectivity index (χ3n) is 2.74. The Kier molecular flexibility index (Phi) is 6.75. The number of Topliss-reactive ketones (excluding diaryl/α,β-unsaturated/α-hetero) is 1. The van der Waals surface area contributed by atoms with Crippen LogP contribution in [0.25, 0.3) is 0 Å². The van der Waals surface area contributed by atoms with E-state index in [9.17, 15) is 19.2 Å². The summed E-state index contributed by atoms with van der Waals surface area (Å²) in [6.45, 7) is 1.31. The average Bonchev–Trinajstić information content (AvgIpc) is 2.53. The number of imide groups is 1. The van der Waals surface area contributed by atoms with Crippen molar-refractivity contribution in [3.63, 3.8) is 0 Å². The molecule has 0 aliphatic carbocycles. The van der Waals surface area contributed by atoms with Crippen molar-refractivity contribution in [2.24, 2.45) is 0 Å². The largest absolute Gasteiger partial charge is 0.453 e. The molecule has 0 bridgehead atoms. The van der Waals surface area contributed by atoms with Crippen molar-refractivity contribution in [1.82, 2.24) is 5.32 Å². The van der Waals surface area contributed by atoms with E-state index in [0.717, 1.165) is 7.11 Å². The first-order valence-corrected chi connectivity index (χ1v) is 6.60. The van der Waals surface area contributed by atoms with Gasteiger partial charge in [0.1, 0.15) is 0 Å². The summed E-state index contributed by atoms with van der Waals surface area (Å²) < 4.78 is 9.08. The molecule has 0 saturated carbocycles. The lowest BCUT2D eigenvalue weighted by atomic mass is 10.1. The maximum Gasteiger partial charge on any atom is 0.413 e. The van der Waals surface area contributed by atoms with Gasteiger partial charge in [0.05, 0.1) is 13.5 Å². The summed E-state index contributed by atoms with van der Waals surface area (Å²) in [6.07, 6.45) is -2.26. The number of carbonyl (C=O) groups excluding carboxylic acids is 4. The van der Waals surface area contributed by atoms with E-state index in [4.69, 9.17) is 4.74 Å². The van der Waals surface area contributed by atoms with Crippen molar-refractivity contribution in [1.29, 1.82) is 0 Å². The van der Waals surface area contributed by atoms with Crippen molar-refractivity contribution in [3.05, 3.63) is 35.9 Å². The number of alkyl carbamates (subject to hydrolysis) is 1. The molecular formula is C15H17NO6. The number of ketones is 1. The third-order valence-corrected chi connectivity index (χ3v) is 2.74. The van der Waals surface area contributed by atoms with Crippen molar-refractivity contribution in [2.75, 3.05) is 7.11 Å². The van der Waals surface area contributed by atoms with Crippen LogP contribution in [0.5, 0.6) is 0 Å². The molecular weight excluding hydrogens is 290 g/mol. The second-order valence-corrected chi connectivity index (χ2v) is 4.40. The van der Waals surface area contributed by atoms with Crippen LogP contribution < -0.4 is 5.32 Å². The lowest BCUT2D eigenvalue weighted by Crippen LogP contribution is -2.39. The monoisotopic (exact) mass is 307 g/mol. The Morgan fingerprint density at radius 3 is 2.32 bits per heavy atom. The average molecular weight is 307 g/mol. The topological polar surface area (TPSA) is 98.8 Å². The molecule has 1 rings (SSSR count). The summed E-state index contributed by atoms with van der Waals surface area (Å²) in [6, 6.07) is 8.54. The molecule has 0 saturated heterocycles. The first kappa shape index (κ1) is 17.4. The predicted octanol–water partition coefficient (Wildman–Crippen LogP) is 1.46. The second kappa shape index (κ2) is 8.56. The Morgan fingerprint density at radius 2 is 1.73 bits per heavy atom. The maximum atomic E-state index is 11.8. The lowest BCUT2D eigenvalue weighted by Gasteiger charge is -2.12. The standard InChI is InChI=1S/C15H17NO6/c1-10(14(19)16-15(20)21-2)22-13(18)9-8-12(17)11-6-4-3-5-7-11/h3-7,10H,8-9H2,1-2H3,(H,16,19,20)/t10-/m1/s1. The molecule has 7 heteroatoms. The number of rotatable bonds is 6. The highest BCUT2D eigenvalue weighted by Gasteiger charge is 2.20. The summed E-state index contributed by atoms with van der Waals surface area (Å²) >= 11 is 0. The zero-order valence-corrected chi connectivity index (χ0v) is 12.3. The highest BCUT2D eigenvalue weighted by Crippen LogP contribution is 2.06. The van der Waals surface area contributed by atoms with Gasteiger partial charge >= 0.3 is 12.1 Å². The summed E-state index contributed by atoms with van der Waals surface area (Å²) in [5.74, 6) is -1.68. The van der Waals surface area contributed by atoms with Crippen molar-refractivity contribution in [3.8, 4) is 0 Å². The minimum atomic E-state index is -1.15. The van der Waals surface area contributed by atoms with E-state index in [1.165, 1.54) is 6.92 Å². The summed E-state index contributed by atoms with van der Waals surface area (Å²) in [7, 11) is 1.11. The van der Waals surface area contributed by atoms with Gasteiger partial charge in [-0.2, -0.15) is 0 Å². The van der Waals surface area contributed by atoms with Crippen LogP contribution in [-0.2, 0) is 19.1 Å². The first-order chi connectivity index (χ1) is 10.4. The molecule has 0 heterocycles. The van der Waals surface area contributed by atoms with E-state index >= 15 is 0 Å². The van der Waals surface area contributed by atoms with E-state index in [1.807, 2.05) is 5.32 Å². The number of ether oxygens (including phenoxy) is 2. The number of esters is 1. The van der Waals surface area contributed by atoms with Gasteiger partial charge in [-0.3, -0.25) is 19.7 Å². The number of carbonyl (C=O) groups is 4. The first-order valence-electron chi connectivity index (χ1n) is 6.60. The van der Waals surface area contributed by atoms with Crippen molar-refractivity contribution in [2.45, 2.75) is 25.9 Å². The molecule has 0 spiro atoms. The molecule has 7 nitrogen and oxygen atoms in total. The fourth-order valence-corrected chi connectivity index (χ4v) is 1.55. The summed E-state index contributed by atoms with van der Waals surface area (Å²) in [5.41, 5.74) is 0.506. The smallest absolute Gasteiger partial charge is 0.413 e. The number of hydrogen-bond acceptors (Lipinski definition) is 6. The van der Waals surface area contributed by atoms with Gasteiger partial charge in [0.2, 0.25) is 0 Å². The molecule has 0 aromatic heterocycles. The number of hydrogen-bond donors (Lipinski definition) is 1. The number of methoxy groups -OCH3 is 1. The molecule has 1 N–H and O–H groups in total. The van der Waals surface area contributed by atoms with Crippen molar-refractivity contribution < 1.29 is 28.7 Å². The van der Waals surface area contributed by atoms with Crippen LogP contribution in [0.4, 0.5) is 4.79 Å². The van der Waals surface area contributed by atoms with E-state index in [2.05, 4.69) is 4.74 Å². The van der Waals surface area contributed by atoms with Crippen LogP contribution in [0, 0.1) is 0 Å². The lowest BCUT2D eigenvalue weighted by molar-refractivity contribution is -0.154. The maximum absolute atomic E-state index is 11.8. The van der Waals surface area contributed by atoms with Crippen molar-refractivity contribution >= 4 is 23.8 Å². The third kappa shape index (κ3) is 5.74. The molecule has 1 aromatic rings. The number of benzene rings is 1. The Morgan fingerprint density at radius 1 is 1.09 bits per heavy atom. The van der Waals surface area contributed by atoms with Gasteiger partial charge in [0.25, 0.3) is 5.91 Å². The molecule has 0 fully saturated rings. The van der Waals surface area contributed by atoms with Crippen LogP contribution in [0.2, 0.25) is 0 Å². The highest BCUT2D eigenvalue weighted by molar-refractivity contribution is 5.98. The minimum absolute atomic E-state index is 0.0197. The van der Waals surface area contributed by atoms with Gasteiger partial charge in [-0.15, -0.1) is 0 Å². The zero-order chi connectivity index (χ0) is 16.5. The molecule has 0 aliphatic heterocycles. The zero-order valence-electron chi connectivity index (χ0n) is 12.3. The van der Waals surface area contributed by atoms with Crippen LogP contribution in [-0.4, -0.2) is 37.0 Å². The molecule has 0 aliphatic rings. The molecule has 118 valence electrons. The van der Waals surface area contributed by atoms with Gasteiger partial charge in [0, 0.05) is 12.0 Å². The van der Waals surface area contributed by atoms with E-state index in [1.54, 1.807) is 30.3 Å². The Bertz CT molecular complexity index is 554. The minimum Gasteiger partial charge on any atom is -0.453 e. The molecule has 22 heavy (non-hydrogen) atoms. The molecule has 1 aromatic carbocycles. The van der Waals surface area contributed by atoms with Gasteiger partial charge in [-0.1, -0.05) is 30.3 Å². The molecule has 0 unspecified atom stereocenters. The van der Waals surface area contributed by atoms with Crippen LogP contribution in [0.15, 0.2) is 30.3 Å². The summed E-state index contributed by atoms with van der Waals surface area (Å²) in [5, 5.41) is 1.88. The fraction of sp³-hybridized carbons (Fsp3) is 0.333. The van der Waals surface area contributed by atoms with Crippen LogP contribution in [0.3, 0.4) is 0 Å². The number of nitrogens with one attached hydrogen (secondary N) is 1. The van der Waals surface area contributed by atoms with Gasteiger partial charge in [-0.25, -0.2) is 4.79 Å². The predicted molar refractivity (Wildman–Crippen MR) is 76.1 cm³/mol. The molecule has 2 amide bonds. The molecule has 0 radical (unpaired) electrons.